The summed E-state index contributed by atoms with van der Waals surface area (Å²) in [6.45, 7) is 2.94. The quantitative estimate of drug-likeness (QED) is 0.834. The van der Waals surface area contributed by atoms with E-state index in [4.69, 9.17) is 5.26 Å². The van der Waals surface area contributed by atoms with Crippen LogP contribution in [0.3, 0.4) is 0 Å². The number of nitrogens with one attached hydrogen (secondary N) is 1. The smallest absolute Gasteiger partial charge is 0.159 e. The molecule has 1 N–H and O–H groups in total. The third-order valence-corrected chi connectivity index (χ3v) is 2.38. The van der Waals surface area contributed by atoms with Crippen molar-refractivity contribution in [2.45, 2.75) is 19.9 Å². The van der Waals surface area contributed by atoms with Crippen LogP contribution in [-0.4, -0.2) is 6.54 Å². The Kier molecular flexibility index (Phi) is 4.87. The minimum atomic E-state index is -0.841. The lowest BCUT2D eigenvalue weighted by Gasteiger charge is -2.08. The monoisotopic (exact) mass is 224 g/mol. The van der Waals surface area contributed by atoms with Gasteiger partial charge in [-0.25, -0.2) is 8.78 Å². The molecule has 16 heavy (non-hydrogen) atoms. The van der Waals surface area contributed by atoms with Crippen molar-refractivity contribution in [1.29, 1.82) is 5.26 Å². The summed E-state index contributed by atoms with van der Waals surface area (Å²) in [7, 11) is 0. The number of nitriles is 1. The van der Waals surface area contributed by atoms with Crippen LogP contribution in [0.15, 0.2) is 18.2 Å². The van der Waals surface area contributed by atoms with Crippen LogP contribution in [0, 0.1) is 28.9 Å². The standard InChI is InChI=1S/C12H14F2N2/c1-2-9(6-15)7-16-8-10-3-4-11(13)12(14)5-10/h3-5,9,16H,2,7-8H2,1H3. The van der Waals surface area contributed by atoms with Crippen molar-refractivity contribution in [3.05, 3.63) is 35.4 Å². The van der Waals surface area contributed by atoms with Gasteiger partial charge in [-0.15, -0.1) is 0 Å². The maximum atomic E-state index is 12.8. The van der Waals surface area contributed by atoms with Gasteiger partial charge >= 0.3 is 0 Å². The molecule has 1 aromatic carbocycles. The van der Waals surface area contributed by atoms with Gasteiger partial charge in [0.05, 0.1) is 12.0 Å². The van der Waals surface area contributed by atoms with Crippen LogP contribution in [0.5, 0.6) is 0 Å². The van der Waals surface area contributed by atoms with Crippen LogP contribution in [0.2, 0.25) is 0 Å². The molecule has 1 atom stereocenters. The molecule has 0 heterocycles. The van der Waals surface area contributed by atoms with E-state index in [1.54, 1.807) is 0 Å². The van der Waals surface area contributed by atoms with E-state index < -0.39 is 11.6 Å². The first-order valence-electron chi connectivity index (χ1n) is 5.21. The Balaban J connectivity index is 2.43. The maximum Gasteiger partial charge on any atom is 0.159 e. The van der Waals surface area contributed by atoms with Crippen LogP contribution >= 0.6 is 0 Å². The molecule has 2 nitrogen and oxygen atoms in total. The van der Waals surface area contributed by atoms with Crippen molar-refractivity contribution < 1.29 is 8.78 Å². The summed E-state index contributed by atoms with van der Waals surface area (Å²) in [5, 5.41) is 11.7. The van der Waals surface area contributed by atoms with Crippen LogP contribution in [0.25, 0.3) is 0 Å². The van der Waals surface area contributed by atoms with Crippen molar-refractivity contribution in [1.82, 2.24) is 5.32 Å². The van der Waals surface area contributed by atoms with E-state index in [1.165, 1.54) is 6.07 Å². The van der Waals surface area contributed by atoms with E-state index in [0.29, 0.717) is 18.7 Å². The summed E-state index contributed by atoms with van der Waals surface area (Å²) < 4.78 is 25.5. The van der Waals surface area contributed by atoms with Gasteiger partial charge in [-0.2, -0.15) is 5.26 Å². The van der Waals surface area contributed by atoms with Gasteiger partial charge in [0, 0.05) is 13.1 Å². The molecule has 1 rings (SSSR count). The van der Waals surface area contributed by atoms with Crippen molar-refractivity contribution in [2.75, 3.05) is 6.54 Å². The molecule has 0 bridgehead atoms. The molecular weight excluding hydrogens is 210 g/mol. The summed E-state index contributed by atoms with van der Waals surface area (Å²) >= 11 is 0. The van der Waals surface area contributed by atoms with Crippen LogP contribution in [0.1, 0.15) is 18.9 Å². The molecular formula is C12H14F2N2. The summed E-state index contributed by atoms with van der Waals surface area (Å²) in [5.74, 6) is -1.72. The molecule has 0 aromatic heterocycles. The second-order valence-corrected chi connectivity index (χ2v) is 3.61. The highest BCUT2D eigenvalue weighted by molar-refractivity contribution is 5.17. The molecule has 0 aliphatic carbocycles. The summed E-state index contributed by atoms with van der Waals surface area (Å²) in [4.78, 5) is 0. The van der Waals surface area contributed by atoms with E-state index in [-0.39, 0.29) is 5.92 Å². The summed E-state index contributed by atoms with van der Waals surface area (Å²) in [6, 6.07) is 5.96. The lowest BCUT2D eigenvalue weighted by Crippen LogP contribution is -2.21. The van der Waals surface area contributed by atoms with Gasteiger partial charge in [-0.3, -0.25) is 0 Å². The lowest BCUT2D eigenvalue weighted by molar-refractivity contribution is 0.504. The van der Waals surface area contributed by atoms with Gasteiger partial charge in [0.2, 0.25) is 0 Å². The molecule has 0 radical (unpaired) electrons. The average Bonchev–Trinajstić information content (AvgIpc) is 2.29. The number of hydrogen-bond acceptors (Lipinski definition) is 2. The van der Waals surface area contributed by atoms with Crippen molar-refractivity contribution in [3.63, 3.8) is 0 Å². The van der Waals surface area contributed by atoms with Gasteiger partial charge in [0.15, 0.2) is 11.6 Å². The highest BCUT2D eigenvalue weighted by Crippen LogP contribution is 2.08. The van der Waals surface area contributed by atoms with Gasteiger partial charge in [-0.05, 0) is 24.1 Å². The minimum Gasteiger partial charge on any atom is -0.311 e. The number of benzene rings is 1. The van der Waals surface area contributed by atoms with Crippen LogP contribution in [0.4, 0.5) is 8.78 Å². The number of nitrogens with zero attached hydrogens (tertiary/aromatic N) is 1. The highest BCUT2D eigenvalue weighted by Gasteiger charge is 2.05. The van der Waals surface area contributed by atoms with Crippen molar-refractivity contribution in [2.24, 2.45) is 5.92 Å². The lowest BCUT2D eigenvalue weighted by atomic mass is 10.1. The largest absolute Gasteiger partial charge is 0.311 e. The zero-order valence-electron chi connectivity index (χ0n) is 9.13. The Hall–Kier alpha value is -1.47. The fourth-order valence-electron chi connectivity index (χ4n) is 1.32. The molecule has 1 unspecified atom stereocenters. The fraction of sp³-hybridized carbons (Fsp3) is 0.417. The van der Waals surface area contributed by atoms with E-state index >= 15 is 0 Å². The maximum absolute atomic E-state index is 12.8. The molecule has 0 aliphatic rings. The number of rotatable bonds is 5. The Morgan fingerprint density at radius 1 is 1.38 bits per heavy atom. The zero-order valence-corrected chi connectivity index (χ0v) is 9.13. The molecule has 0 saturated heterocycles. The fourth-order valence-corrected chi connectivity index (χ4v) is 1.32. The third kappa shape index (κ3) is 3.59. The predicted molar refractivity (Wildman–Crippen MR) is 57.5 cm³/mol. The Labute approximate surface area is 93.9 Å². The van der Waals surface area contributed by atoms with Gasteiger partial charge in [0.1, 0.15) is 0 Å². The molecule has 86 valence electrons. The SMILES string of the molecule is CCC(C#N)CNCc1ccc(F)c(F)c1. The second kappa shape index (κ2) is 6.19. The Bertz CT molecular complexity index is 385. The summed E-state index contributed by atoms with van der Waals surface area (Å²) in [6.07, 6.45) is 0.779. The first-order valence-corrected chi connectivity index (χ1v) is 5.21. The second-order valence-electron chi connectivity index (χ2n) is 3.61. The normalized spacial score (nSPS) is 12.1. The first kappa shape index (κ1) is 12.6. The van der Waals surface area contributed by atoms with Crippen LogP contribution in [-0.2, 0) is 6.54 Å². The zero-order chi connectivity index (χ0) is 12.0. The van der Waals surface area contributed by atoms with E-state index in [1.807, 2.05) is 6.92 Å². The number of halogens is 2. The molecule has 0 aliphatic heterocycles. The molecule has 0 amide bonds. The third-order valence-electron chi connectivity index (χ3n) is 2.38. The van der Waals surface area contributed by atoms with E-state index in [0.717, 1.165) is 18.6 Å². The van der Waals surface area contributed by atoms with Gasteiger partial charge in [-0.1, -0.05) is 13.0 Å². The summed E-state index contributed by atoms with van der Waals surface area (Å²) in [5.41, 5.74) is 0.673. The molecule has 0 spiro atoms. The molecule has 0 saturated carbocycles. The molecule has 0 fully saturated rings. The molecule has 4 heteroatoms. The Morgan fingerprint density at radius 3 is 2.69 bits per heavy atom. The topological polar surface area (TPSA) is 35.8 Å². The highest BCUT2D eigenvalue weighted by atomic mass is 19.2. The van der Waals surface area contributed by atoms with Gasteiger partial charge in [0.25, 0.3) is 0 Å². The Morgan fingerprint density at radius 2 is 2.12 bits per heavy atom. The molecule has 1 aromatic rings. The average molecular weight is 224 g/mol. The first-order chi connectivity index (χ1) is 7.67. The van der Waals surface area contributed by atoms with Gasteiger partial charge < -0.3 is 5.32 Å². The van der Waals surface area contributed by atoms with E-state index in [9.17, 15) is 8.78 Å². The van der Waals surface area contributed by atoms with Crippen LogP contribution < -0.4 is 5.32 Å². The number of hydrogen-bond donors (Lipinski definition) is 1. The van der Waals surface area contributed by atoms with Crippen molar-refractivity contribution >= 4 is 0 Å². The minimum absolute atomic E-state index is 0.0368. The van der Waals surface area contributed by atoms with Crippen molar-refractivity contribution in [3.8, 4) is 6.07 Å². The predicted octanol–water partition coefficient (Wildman–Crippen LogP) is 2.60. The van der Waals surface area contributed by atoms with E-state index in [2.05, 4.69) is 11.4 Å².